The van der Waals surface area contributed by atoms with Crippen LogP contribution >= 0.6 is 0 Å². The van der Waals surface area contributed by atoms with E-state index in [2.05, 4.69) is 6.92 Å². The van der Waals surface area contributed by atoms with Crippen molar-refractivity contribution in [2.75, 3.05) is 6.61 Å². The summed E-state index contributed by atoms with van der Waals surface area (Å²) in [5.41, 5.74) is 2.61. The Kier molecular flexibility index (Phi) is 9.14. The van der Waals surface area contributed by atoms with Crippen molar-refractivity contribution < 1.29 is 9.13 Å². The van der Waals surface area contributed by atoms with Crippen LogP contribution in [0.2, 0.25) is 0 Å². The van der Waals surface area contributed by atoms with Crippen LogP contribution in [0.15, 0.2) is 54.6 Å². The summed E-state index contributed by atoms with van der Waals surface area (Å²) >= 11 is 0. The summed E-state index contributed by atoms with van der Waals surface area (Å²) in [6, 6.07) is 16.5. The van der Waals surface area contributed by atoms with Gasteiger partial charge in [-0.1, -0.05) is 76.8 Å². The zero-order chi connectivity index (χ0) is 21.0. The highest BCUT2D eigenvalue weighted by atomic mass is 19.1. The van der Waals surface area contributed by atoms with Gasteiger partial charge in [-0.3, -0.25) is 0 Å². The van der Waals surface area contributed by atoms with E-state index in [9.17, 15) is 4.39 Å². The molecule has 1 heterocycles. The van der Waals surface area contributed by atoms with E-state index in [-0.39, 0.29) is 5.82 Å². The molecular weight excluding hydrogens is 373 g/mol. The van der Waals surface area contributed by atoms with Gasteiger partial charge >= 0.3 is 0 Å². The molecule has 0 aliphatic rings. The van der Waals surface area contributed by atoms with Gasteiger partial charge in [0.25, 0.3) is 0 Å². The third-order valence-electron chi connectivity index (χ3n) is 5.57. The van der Waals surface area contributed by atoms with Crippen LogP contribution in [-0.2, 0) is 0 Å². The predicted molar refractivity (Wildman–Crippen MR) is 124 cm³/mol. The fourth-order valence-corrected chi connectivity index (χ4v) is 3.80. The number of rotatable bonds is 13. The molecule has 1 aromatic heterocycles. The third kappa shape index (κ3) is 6.83. The Bertz CT molecular complexity index is 891. The normalized spacial score (nSPS) is 11.1. The van der Waals surface area contributed by atoms with E-state index in [0.29, 0.717) is 6.61 Å². The number of halogens is 1. The molecule has 0 radical (unpaired) electrons. The maximum Gasteiger partial charge on any atom is 0.130 e. The van der Waals surface area contributed by atoms with Crippen LogP contribution in [0.1, 0.15) is 71.1 Å². The second-order valence-electron chi connectivity index (χ2n) is 8.06. The number of hydrogen-bond acceptors (Lipinski definition) is 2. The Balaban J connectivity index is 1.50. The Morgan fingerprint density at radius 2 is 1.40 bits per heavy atom. The molecule has 0 aliphatic heterocycles. The van der Waals surface area contributed by atoms with Crippen LogP contribution < -0.4 is 4.74 Å². The van der Waals surface area contributed by atoms with Gasteiger partial charge in [-0.2, -0.15) is 0 Å². The van der Waals surface area contributed by atoms with Crippen molar-refractivity contribution >= 4 is 10.9 Å². The molecule has 0 spiro atoms. The number of para-hydroxylation sites is 1. The Morgan fingerprint density at radius 1 is 0.767 bits per heavy atom. The van der Waals surface area contributed by atoms with Crippen molar-refractivity contribution in [1.82, 2.24) is 4.98 Å². The molecule has 160 valence electrons. The lowest BCUT2D eigenvalue weighted by molar-refractivity contribution is 0.307. The summed E-state index contributed by atoms with van der Waals surface area (Å²) in [7, 11) is 0. The van der Waals surface area contributed by atoms with Gasteiger partial charge in [-0.25, -0.2) is 9.37 Å². The first-order chi connectivity index (χ1) is 14.8. The van der Waals surface area contributed by atoms with E-state index >= 15 is 0 Å². The lowest BCUT2D eigenvalue weighted by atomic mass is 10.1. The lowest BCUT2D eigenvalue weighted by Gasteiger charge is -2.12. The standard InChI is InChI=1S/C27H34FNO/c1-2-3-4-5-6-7-8-9-10-13-20-30-27-21-26(22-16-18-23(28)19-17-22)29-25-15-12-11-14-24(25)27/h11-12,14-19,21H,2-10,13,20H2,1H3. The Hall–Kier alpha value is -2.42. The number of aromatic nitrogens is 1. The second kappa shape index (κ2) is 12.3. The maximum absolute atomic E-state index is 13.3. The summed E-state index contributed by atoms with van der Waals surface area (Å²) in [5.74, 6) is 0.618. The van der Waals surface area contributed by atoms with E-state index in [1.807, 2.05) is 30.3 Å². The Morgan fingerprint density at radius 3 is 2.10 bits per heavy atom. The highest BCUT2D eigenvalue weighted by molar-refractivity contribution is 5.87. The molecule has 0 saturated carbocycles. The molecule has 0 bridgehead atoms. The summed E-state index contributed by atoms with van der Waals surface area (Å²) in [5, 5.41) is 1.02. The fourth-order valence-electron chi connectivity index (χ4n) is 3.80. The molecule has 0 aliphatic carbocycles. The van der Waals surface area contributed by atoms with E-state index in [1.165, 1.54) is 69.9 Å². The molecular formula is C27H34FNO. The monoisotopic (exact) mass is 407 g/mol. The van der Waals surface area contributed by atoms with Crippen LogP contribution in [0.5, 0.6) is 5.75 Å². The molecule has 0 fully saturated rings. The van der Waals surface area contributed by atoms with Crippen LogP contribution in [-0.4, -0.2) is 11.6 Å². The highest BCUT2D eigenvalue weighted by Gasteiger charge is 2.09. The SMILES string of the molecule is CCCCCCCCCCCCOc1cc(-c2ccc(F)cc2)nc2ccccc12. The van der Waals surface area contributed by atoms with Gasteiger partial charge in [0, 0.05) is 17.0 Å². The average Bonchev–Trinajstić information content (AvgIpc) is 2.77. The molecule has 30 heavy (non-hydrogen) atoms. The molecule has 0 amide bonds. The van der Waals surface area contributed by atoms with Crippen molar-refractivity contribution in [3.8, 4) is 17.0 Å². The van der Waals surface area contributed by atoms with Crippen LogP contribution in [0.3, 0.4) is 0 Å². The van der Waals surface area contributed by atoms with Gasteiger partial charge in [0.2, 0.25) is 0 Å². The van der Waals surface area contributed by atoms with Crippen molar-refractivity contribution in [2.24, 2.45) is 0 Å². The number of benzene rings is 2. The lowest BCUT2D eigenvalue weighted by Crippen LogP contribution is -1.99. The zero-order valence-corrected chi connectivity index (χ0v) is 18.2. The van der Waals surface area contributed by atoms with Gasteiger partial charge in [0.1, 0.15) is 11.6 Å². The Labute approximate surface area is 180 Å². The van der Waals surface area contributed by atoms with Crippen LogP contribution in [0.25, 0.3) is 22.2 Å². The molecule has 3 rings (SSSR count). The number of nitrogens with zero attached hydrogens (tertiary/aromatic N) is 1. The summed E-state index contributed by atoms with van der Waals surface area (Å²) in [6.45, 7) is 2.98. The zero-order valence-electron chi connectivity index (χ0n) is 18.2. The predicted octanol–water partition coefficient (Wildman–Crippen LogP) is 8.34. The van der Waals surface area contributed by atoms with Crippen LogP contribution in [0, 0.1) is 5.82 Å². The van der Waals surface area contributed by atoms with E-state index < -0.39 is 0 Å². The minimum Gasteiger partial charge on any atom is -0.493 e. The van der Waals surface area contributed by atoms with Crippen molar-refractivity contribution in [3.63, 3.8) is 0 Å². The van der Waals surface area contributed by atoms with Gasteiger partial charge in [-0.15, -0.1) is 0 Å². The molecule has 0 unspecified atom stereocenters. The quantitative estimate of drug-likeness (QED) is 0.266. The first-order valence-electron chi connectivity index (χ1n) is 11.6. The summed E-state index contributed by atoms with van der Waals surface area (Å²) in [4.78, 5) is 4.74. The highest BCUT2D eigenvalue weighted by Crippen LogP contribution is 2.30. The molecule has 0 atom stereocenters. The summed E-state index contributed by atoms with van der Waals surface area (Å²) < 4.78 is 19.4. The molecule has 0 N–H and O–H groups in total. The van der Waals surface area contributed by atoms with Gasteiger partial charge < -0.3 is 4.74 Å². The van der Waals surface area contributed by atoms with Gasteiger partial charge in [0.15, 0.2) is 0 Å². The number of unbranched alkanes of at least 4 members (excludes halogenated alkanes) is 9. The average molecular weight is 408 g/mol. The number of fused-ring (bicyclic) bond motifs is 1. The molecule has 2 aromatic carbocycles. The molecule has 2 nitrogen and oxygen atoms in total. The maximum atomic E-state index is 13.3. The van der Waals surface area contributed by atoms with Crippen LogP contribution in [0.4, 0.5) is 4.39 Å². The molecule has 3 aromatic rings. The van der Waals surface area contributed by atoms with Crippen molar-refractivity contribution in [3.05, 3.63) is 60.4 Å². The topological polar surface area (TPSA) is 22.1 Å². The third-order valence-corrected chi connectivity index (χ3v) is 5.57. The summed E-state index contributed by atoms with van der Waals surface area (Å²) in [6.07, 6.45) is 13.1. The molecule has 0 saturated heterocycles. The number of pyridine rings is 1. The second-order valence-corrected chi connectivity index (χ2v) is 8.06. The van der Waals surface area contributed by atoms with Crippen molar-refractivity contribution in [1.29, 1.82) is 0 Å². The minimum absolute atomic E-state index is 0.239. The van der Waals surface area contributed by atoms with E-state index in [0.717, 1.165) is 34.3 Å². The van der Waals surface area contributed by atoms with Gasteiger partial charge in [-0.05, 0) is 42.8 Å². The van der Waals surface area contributed by atoms with E-state index in [4.69, 9.17) is 9.72 Å². The first kappa shape index (κ1) is 22.3. The van der Waals surface area contributed by atoms with Crippen molar-refractivity contribution in [2.45, 2.75) is 71.1 Å². The first-order valence-corrected chi connectivity index (χ1v) is 11.6. The number of hydrogen-bond donors (Lipinski definition) is 0. The number of ether oxygens (including phenoxy) is 1. The minimum atomic E-state index is -0.239. The largest absolute Gasteiger partial charge is 0.493 e. The smallest absolute Gasteiger partial charge is 0.130 e. The fraction of sp³-hybridized carbons (Fsp3) is 0.444. The van der Waals surface area contributed by atoms with Gasteiger partial charge in [0.05, 0.1) is 17.8 Å². The molecule has 3 heteroatoms. The van der Waals surface area contributed by atoms with E-state index in [1.54, 1.807) is 12.1 Å².